The molecule has 2 aromatic carbocycles. The van der Waals surface area contributed by atoms with E-state index in [4.69, 9.17) is 16.9 Å². The Balaban J connectivity index is 1.77. The molecule has 2 aromatic rings. The minimum atomic E-state index is -0.268. The zero-order chi connectivity index (χ0) is 14.9. The van der Waals surface area contributed by atoms with Gasteiger partial charge in [-0.15, -0.1) is 0 Å². The van der Waals surface area contributed by atoms with Crippen LogP contribution in [0.25, 0.3) is 0 Å². The molecule has 1 fully saturated rings. The van der Waals surface area contributed by atoms with Gasteiger partial charge < -0.3 is 5.32 Å². The highest BCUT2D eigenvalue weighted by Crippen LogP contribution is 2.45. The Morgan fingerprint density at radius 2 is 1.71 bits per heavy atom. The summed E-state index contributed by atoms with van der Waals surface area (Å²) < 4.78 is 0. The highest BCUT2D eigenvalue weighted by Gasteiger charge is 2.45. The number of benzene rings is 2. The van der Waals surface area contributed by atoms with Gasteiger partial charge in [0.2, 0.25) is 0 Å². The fourth-order valence-electron chi connectivity index (χ4n) is 2.37. The number of carbonyl (C=O) groups excluding carboxylic acids is 1. The zero-order valence-electron chi connectivity index (χ0n) is 11.3. The average molecular weight is 297 g/mol. The van der Waals surface area contributed by atoms with Crippen molar-refractivity contribution in [1.29, 1.82) is 5.26 Å². The van der Waals surface area contributed by atoms with Crippen LogP contribution >= 0.6 is 11.6 Å². The lowest BCUT2D eigenvalue weighted by Crippen LogP contribution is -2.34. The van der Waals surface area contributed by atoms with E-state index in [1.807, 2.05) is 30.3 Å². The van der Waals surface area contributed by atoms with Crippen LogP contribution in [-0.4, -0.2) is 5.91 Å². The number of carbonyl (C=O) groups is 1. The van der Waals surface area contributed by atoms with Crippen molar-refractivity contribution >= 4 is 17.5 Å². The van der Waals surface area contributed by atoms with E-state index in [2.05, 4.69) is 5.32 Å². The molecule has 1 N–H and O–H groups in total. The van der Waals surface area contributed by atoms with Crippen LogP contribution in [0, 0.1) is 11.3 Å². The van der Waals surface area contributed by atoms with Gasteiger partial charge in [0.15, 0.2) is 0 Å². The molecule has 0 aromatic heterocycles. The van der Waals surface area contributed by atoms with E-state index in [1.54, 1.807) is 24.3 Å². The standard InChI is InChI=1S/C17H13ClN2O/c18-15-7-5-14(6-8-15)17(9-10-17)20-16(21)13-3-1-12(11-19)2-4-13/h1-8H,9-10H2,(H,20,21). The van der Waals surface area contributed by atoms with Crippen LogP contribution in [0.4, 0.5) is 0 Å². The molecule has 0 atom stereocenters. The molecule has 1 saturated carbocycles. The Kier molecular flexibility index (Phi) is 3.40. The van der Waals surface area contributed by atoms with E-state index >= 15 is 0 Å². The van der Waals surface area contributed by atoms with Gasteiger partial charge in [0.25, 0.3) is 5.91 Å². The molecule has 0 radical (unpaired) electrons. The molecule has 4 heteroatoms. The molecule has 0 aliphatic heterocycles. The lowest BCUT2D eigenvalue weighted by atomic mass is 10.0. The van der Waals surface area contributed by atoms with Crippen LogP contribution in [0.15, 0.2) is 48.5 Å². The lowest BCUT2D eigenvalue weighted by molar-refractivity contribution is 0.0931. The van der Waals surface area contributed by atoms with Crippen LogP contribution in [0.5, 0.6) is 0 Å². The van der Waals surface area contributed by atoms with E-state index in [9.17, 15) is 4.79 Å². The van der Waals surface area contributed by atoms with Crippen molar-refractivity contribution in [2.75, 3.05) is 0 Å². The number of nitrogens with one attached hydrogen (secondary N) is 1. The van der Waals surface area contributed by atoms with Gasteiger partial charge in [0.1, 0.15) is 0 Å². The molecule has 0 bridgehead atoms. The molecule has 0 heterocycles. The van der Waals surface area contributed by atoms with Gasteiger partial charge in [-0.25, -0.2) is 0 Å². The van der Waals surface area contributed by atoms with Gasteiger partial charge in [-0.2, -0.15) is 5.26 Å². The van der Waals surface area contributed by atoms with Gasteiger partial charge in [-0.1, -0.05) is 23.7 Å². The Hall–Kier alpha value is -2.31. The molecule has 1 aliphatic carbocycles. The molecule has 1 aliphatic rings. The highest BCUT2D eigenvalue weighted by atomic mass is 35.5. The van der Waals surface area contributed by atoms with Crippen LogP contribution in [0.1, 0.15) is 34.3 Å². The van der Waals surface area contributed by atoms with E-state index in [-0.39, 0.29) is 11.4 Å². The number of amides is 1. The largest absolute Gasteiger partial charge is 0.343 e. The van der Waals surface area contributed by atoms with Crippen molar-refractivity contribution in [1.82, 2.24) is 5.32 Å². The van der Waals surface area contributed by atoms with Crippen molar-refractivity contribution in [3.63, 3.8) is 0 Å². The van der Waals surface area contributed by atoms with Crippen molar-refractivity contribution in [2.45, 2.75) is 18.4 Å². The van der Waals surface area contributed by atoms with Gasteiger partial charge in [0.05, 0.1) is 17.2 Å². The van der Waals surface area contributed by atoms with Crippen LogP contribution < -0.4 is 5.32 Å². The first-order valence-electron chi connectivity index (χ1n) is 6.72. The topological polar surface area (TPSA) is 52.9 Å². The molecule has 0 spiro atoms. The molecule has 3 nitrogen and oxygen atoms in total. The smallest absolute Gasteiger partial charge is 0.251 e. The van der Waals surface area contributed by atoms with E-state index < -0.39 is 0 Å². The third-order valence-corrected chi connectivity index (χ3v) is 4.03. The predicted octanol–water partition coefficient (Wildman–Crippen LogP) is 3.63. The number of rotatable bonds is 3. The average Bonchev–Trinajstić information content (AvgIpc) is 3.28. The fourth-order valence-corrected chi connectivity index (χ4v) is 2.49. The summed E-state index contributed by atoms with van der Waals surface area (Å²) in [5.41, 5.74) is 1.92. The molecule has 0 unspecified atom stereocenters. The first kappa shape index (κ1) is 13.7. The van der Waals surface area contributed by atoms with Crippen LogP contribution in [-0.2, 0) is 5.54 Å². The van der Waals surface area contributed by atoms with Gasteiger partial charge in [-0.05, 0) is 54.8 Å². The Labute approximate surface area is 128 Å². The van der Waals surface area contributed by atoms with Gasteiger partial charge >= 0.3 is 0 Å². The van der Waals surface area contributed by atoms with Crippen LogP contribution in [0.2, 0.25) is 5.02 Å². The lowest BCUT2D eigenvalue weighted by Gasteiger charge is -2.18. The summed E-state index contributed by atoms with van der Waals surface area (Å²) >= 11 is 5.90. The highest BCUT2D eigenvalue weighted by molar-refractivity contribution is 6.30. The summed E-state index contributed by atoms with van der Waals surface area (Å²) in [6.07, 6.45) is 1.85. The quantitative estimate of drug-likeness (QED) is 0.940. The zero-order valence-corrected chi connectivity index (χ0v) is 12.0. The van der Waals surface area contributed by atoms with Crippen molar-refractivity contribution in [2.24, 2.45) is 0 Å². The normalized spacial score (nSPS) is 15.0. The molecule has 21 heavy (non-hydrogen) atoms. The minimum absolute atomic E-state index is 0.119. The number of hydrogen-bond donors (Lipinski definition) is 1. The predicted molar refractivity (Wildman–Crippen MR) is 81.0 cm³/mol. The summed E-state index contributed by atoms with van der Waals surface area (Å²) in [7, 11) is 0. The molecule has 0 saturated heterocycles. The Morgan fingerprint density at radius 3 is 2.24 bits per heavy atom. The van der Waals surface area contributed by atoms with Gasteiger partial charge in [0, 0.05) is 10.6 Å². The minimum Gasteiger partial charge on any atom is -0.343 e. The van der Waals surface area contributed by atoms with E-state index in [0.29, 0.717) is 16.1 Å². The maximum Gasteiger partial charge on any atom is 0.251 e. The van der Waals surface area contributed by atoms with Crippen molar-refractivity contribution in [3.8, 4) is 6.07 Å². The second kappa shape index (κ2) is 5.23. The van der Waals surface area contributed by atoms with Crippen molar-refractivity contribution < 1.29 is 4.79 Å². The molecular weight excluding hydrogens is 284 g/mol. The first-order valence-corrected chi connectivity index (χ1v) is 7.09. The first-order chi connectivity index (χ1) is 10.1. The van der Waals surface area contributed by atoms with E-state index in [1.165, 1.54) is 0 Å². The summed E-state index contributed by atoms with van der Waals surface area (Å²) in [6.45, 7) is 0. The number of nitrogens with zero attached hydrogens (tertiary/aromatic N) is 1. The SMILES string of the molecule is N#Cc1ccc(C(=O)NC2(c3ccc(Cl)cc3)CC2)cc1. The maximum absolute atomic E-state index is 12.3. The van der Waals surface area contributed by atoms with E-state index in [0.717, 1.165) is 18.4 Å². The van der Waals surface area contributed by atoms with Gasteiger partial charge in [-0.3, -0.25) is 4.79 Å². The fraction of sp³-hybridized carbons (Fsp3) is 0.176. The van der Waals surface area contributed by atoms with Crippen LogP contribution in [0.3, 0.4) is 0 Å². The number of hydrogen-bond acceptors (Lipinski definition) is 2. The molecule has 1 amide bonds. The molecular formula is C17H13ClN2O. The maximum atomic E-state index is 12.3. The monoisotopic (exact) mass is 296 g/mol. The third-order valence-electron chi connectivity index (χ3n) is 3.78. The second-order valence-corrected chi connectivity index (χ2v) is 5.67. The third kappa shape index (κ3) is 2.76. The Morgan fingerprint density at radius 1 is 1.10 bits per heavy atom. The number of halogens is 1. The second-order valence-electron chi connectivity index (χ2n) is 5.23. The summed E-state index contributed by atoms with van der Waals surface area (Å²) in [6, 6.07) is 16.3. The summed E-state index contributed by atoms with van der Waals surface area (Å²) in [4.78, 5) is 12.3. The number of nitriles is 1. The molecule has 104 valence electrons. The summed E-state index contributed by atoms with van der Waals surface area (Å²) in [5.74, 6) is -0.119. The summed E-state index contributed by atoms with van der Waals surface area (Å²) in [5, 5.41) is 12.6. The van der Waals surface area contributed by atoms with Crippen molar-refractivity contribution in [3.05, 3.63) is 70.2 Å². The Bertz CT molecular complexity index is 710. The molecule has 3 rings (SSSR count).